The van der Waals surface area contributed by atoms with E-state index in [0.29, 0.717) is 17.3 Å². The summed E-state index contributed by atoms with van der Waals surface area (Å²) < 4.78 is 33.7. The maximum atomic E-state index is 13.5. The SMILES string of the molecule is COc1cccc(CN(Cc2ccc(C3=NN=NC3)cc2)S(=O)(=O)c2ccc(Cl)cc2)c1. The Morgan fingerprint density at radius 3 is 2.34 bits per heavy atom. The minimum absolute atomic E-state index is 0.185. The Bertz CT molecular complexity index is 1260. The first-order chi connectivity index (χ1) is 15.5. The monoisotopic (exact) mass is 468 g/mol. The van der Waals surface area contributed by atoms with Crippen molar-refractivity contribution in [2.75, 3.05) is 13.7 Å². The summed E-state index contributed by atoms with van der Waals surface area (Å²) in [5.74, 6) is 0.670. The van der Waals surface area contributed by atoms with Crippen LogP contribution in [0.2, 0.25) is 5.02 Å². The average molecular weight is 469 g/mol. The summed E-state index contributed by atoms with van der Waals surface area (Å²) in [7, 11) is -2.20. The van der Waals surface area contributed by atoms with E-state index >= 15 is 0 Å². The highest BCUT2D eigenvalue weighted by Gasteiger charge is 2.25. The van der Waals surface area contributed by atoms with Crippen LogP contribution in [0.3, 0.4) is 0 Å². The van der Waals surface area contributed by atoms with E-state index in [-0.39, 0.29) is 18.0 Å². The van der Waals surface area contributed by atoms with E-state index in [0.717, 1.165) is 22.4 Å². The summed E-state index contributed by atoms with van der Waals surface area (Å²) >= 11 is 5.96. The van der Waals surface area contributed by atoms with Gasteiger partial charge in [0.1, 0.15) is 12.3 Å². The number of methoxy groups -OCH3 is 1. The number of benzene rings is 3. The quantitative estimate of drug-likeness (QED) is 0.470. The fraction of sp³-hybridized carbons (Fsp3) is 0.174. The number of hydrogen-bond donors (Lipinski definition) is 0. The normalized spacial score (nSPS) is 13.4. The van der Waals surface area contributed by atoms with Crippen LogP contribution in [0.5, 0.6) is 5.75 Å². The van der Waals surface area contributed by atoms with E-state index in [1.54, 1.807) is 19.2 Å². The topological polar surface area (TPSA) is 83.7 Å². The van der Waals surface area contributed by atoms with Crippen LogP contribution in [0, 0.1) is 0 Å². The molecule has 0 unspecified atom stereocenters. The Hall–Kier alpha value is -3.07. The molecule has 1 aliphatic rings. The number of rotatable bonds is 8. The van der Waals surface area contributed by atoms with Gasteiger partial charge < -0.3 is 4.74 Å². The van der Waals surface area contributed by atoms with E-state index < -0.39 is 10.0 Å². The third-order valence-corrected chi connectivity index (χ3v) is 7.10. The van der Waals surface area contributed by atoms with Gasteiger partial charge in [-0.1, -0.05) is 48.0 Å². The summed E-state index contributed by atoms with van der Waals surface area (Å²) in [5.41, 5.74) is 3.38. The van der Waals surface area contributed by atoms with Gasteiger partial charge >= 0.3 is 0 Å². The Balaban J connectivity index is 1.64. The fourth-order valence-corrected chi connectivity index (χ4v) is 4.87. The maximum absolute atomic E-state index is 13.5. The van der Waals surface area contributed by atoms with Crippen LogP contribution in [0.1, 0.15) is 16.7 Å². The van der Waals surface area contributed by atoms with Gasteiger partial charge in [0.15, 0.2) is 0 Å². The van der Waals surface area contributed by atoms with E-state index in [1.807, 2.05) is 48.5 Å². The molecule has 0 N–H and O–H groups in total. The lowest BCUT2D eigenvalue weighted by Crippen LogP contribution is -2.30. The van der Waals surface area contributed by atoms with Gasteiger partial charge in [-0.15, -0.1) is 5.10 Å². The molecule has 0 saturated heterocycles. The molecule has 4 rings (SSSR count). The van der Waals surface area contributed by atoms with E-state index in [1.165, 1.54) is 16.4 Å². The number of ether oxygens (including phenoxy) is 1. The Kier molecular flexibility index (Phi) is 6.64. The molecule has 0 aromatic heterocycles. The number of nitrogens with zero attached hydrogens (tertiary/aromatic N) is 4. The summed E-state index contributed by atoms with van der Waals surface area (Å²) in [6, 6.07) is 21.2. The molecule has 0 radical (unpaired) electrons. The lowest BCUT2D eigenvalue weighted by molar-refractivity contribution is 0.395. The van der Waals surface area contributed by atoms with Crippen LogP contribution < -0.4 is 4.74 Å². The zero-order valence-electron chi connectivity index (χ0n) is 17.3. The lowest BCUT2D eigenvalue weighted by Gasteiger charge is -2.23. The first-order valence-corrected chi connectivity index (χ1v) is 11.7. The van der Waals surface area contributed by atoms with Crippen molar-refractivity contribution in [3.63, 3.8) is 0 Å². The van der Waals surface area contributed by atoms with Crippen molar-refractivity contribution in [3.05, 3.63) is 94.5 Å². The van der Waals surface area contributed by atoms with Crippen molar-refractivity contribution in [1.29, 1.82) is 0 Å². The van der Waals surface area contributed by atoms with E-state index in [4.69, 9.17) is 16.3 Å². The molecule has 164 valence electrons. The molecule has 9 heteroatoms. The number of hydrogen-bond acceptors (Lipinski definition) is 6. The fourth-order valence-electron chi connectivity index (χ4n) is 3.33. The molecule has 0 bridgehead atoms. The molecular formula is C23H21ClN4O3S. The van der Waals surface area contributed by atoms with Gasteiger partial charge in [-0.3, -0.25) is 0 Å². The first kappa shape index (κ1) is 22.1. The van der Waals surface area contributed by atoms with Crippen molar-refractivity contribution in [2.45, 2.75) is 18.0 Å². The van der Waals surface area contributed by atoms with Crippen molar-refractivity contribution in [2.24, 2.45) is 15.4 Å². The van der Waals surface area contributed by atoms with Crippen LogP contribution in [-0.4, -0.2) is 32.1 Å². The minimum Gasteiger partial charge on any atom is -0.497 e. The summed E-state index contributed by atoms with van der Waals surface area (Å²) in [6.07, 6.45) is 0. The van der Waals surface area contributed by atoms with E-state index in [2.05, 4.69) is 15.4 Å². The van der Waals surface area contributed by atoms with Gasteiger partial charge in [0.05, 0.1) is 17.7 Å². The van der Waals surface area contributed by atoms with Crippen LogP contribution in [0.15, 0.2) is 93.1 Å². The minimum atomic E-state index is -3.78. The Labute approximate surface area is 192 Å². The molecular weight excluding hydrogens is 448 g/mol. The van der Waals surface area contributed by atoms with Crippen molar-refractivity contribution in [3.8, 4) is 5.75 Å². The smallest absolute Gasteiger partial charge is 0.243 e. The van der Waals surface area contributed by atoms with Gasteiger partial charge in [0.25, 0.3) is 0 Å². The lowest BCUT2D eigenvalue weighted by atomic mass is 10.1. The van der Waals surface area contributed by atoms with Crippen LogP contribution in [-0.2, 0) is 23.1 Å². The number of halogens is 1. The van der Waals surface area contributed by atoms with Gasteiger partial charge in [-0.25, -0.2) is 8.42 Å². The molecule has 0 atom stereocenters. The zero-order chi connectivity index (χ0) is 22.6. The van der Waals surface area contributed by atoms with Gasteiger partial charge in [-0.05, 0) is 58.3 Å². The molecule has 32 heavy (non-hydrogen) atoms. The zero-order valence-corrected chi connectivity index (χ0v) is 18.9. The Morgan fingerprint density at radius 2 is 1.69 bits per heavy atom. The molecule has 0 amide bonds. The second kappa shape index (κ2) is 9.60. The van der Waals surface area contributed by atoms with Crippen molar-refractivity contribution in [1.82, 2.24) is 4.31 Å². The summed E-state index contributed by atoms with van der Waals surface area (Å²) in [4.78, 5) is 0.185. The molecule has 1 aliphatic heterocycles. The predicted molar refractivity (Wildman–Crippen MR) is 124 cm³/mol. The van der Waals surface area contributed by atoms with Crippen LogP contribution in [0.25, 0.3) is 0 Å². The summed E-state index contributed by atoms with van der Waals surface area (Å²) in [6.45, 7) is 0.838. The highest BCUT2D eigenvalue weighted by Crippen LogP contribution is 2.24. The third kappa shape index (κ3) is 5.04. The predicted octanol–water partition coefficient (Wildman–Crippen LogP) is 4.91. The van der Waals surface area contributed by atoms with Gasteiger partial charge in [0, 0.05) is 18.1 Å². The average Bonchev–Trinajstić information content (AvgIpc) is 3.34. The van der Waals surface area contributed by atoms with Gasteiger partial charge in [0.2, 0.25) is 10.0 Å². The van der Waals surface area contributed by atoms with Crippen molar-refractivity contribution >= 4 is 27.3 Å². The standard InChI is InChI=1S/C23H21ClN4O3S/c1-31-21-4-2-3-18(13-21)16-28(32(29,30)22-11-9-20(24)10-12-22)15-17-5-7-19(8-6-17)23-14-25-27-26-23/h2-13H,14-16H2,1H3. The van der Waals surface area contributed by atoms with E-state index in [9.17, 15) is 8.42 Å². The number of sulfonamides is 1. The van der Waals surface area contributed by atoms with Crippen LogP contribution in [0.4, 0.5) is 0 Å². The highest BCUT2D eigenvalue weighted by molar-refractivity contribution is 7.89. The third-order valence-electron chi connectivity index (χ3n) is 5.04. The molecule has 0 aliphatic carbocycles. The maximum Gasteiger partial charge on any atom is 0.243 e. The molecule has 7 nitrogen and oxygen atoms in total. The largest absolute Gasteiger partial charge is 0.497 e. The molecule has 0 spiro atoms. The van der Waals surface area contributed by atoms with Crippen LogP contribution >= 0.6 is 11.6 Å². The molecule has 0 saturated carbocycles. The summed E-state index contributed by atoms with van der Waals surface area (Å²) in [5, 5.41) is 12.0. The Morgan fingerprint density at radius 1 is 0.969 bits per heavy atom. The molecule has 3 aromatic rings. The molecule has 1 heterocycles. The van der Waals surface area contributed by atoms with Crippen molar-refractivity contribution < 1.29 is 13.2 Å². The first-order valence-electron chi connectivity index (χ1n) is 9.87. The molecule has 0 fully saturated rings. The molecule has 3 aromatic carbocycles. The van der Waals surface area contributed by atoms with Gasteiger partial charge in [-0.2, -0.15) is 9.42 Å². The highest BCUT2D eigenvalue weighted by atomic mass is 35.5. The second-order valence-electron chi connectivity index (χ2n) is 7.21. The second-order valence-corrected chi connectivity index (χ2v) is 9.59.